The summed E-state index contributed by atoms with van der Waals surface area (Å²) in [7, 11) is 0. The number of carbonyl (C=O) groups is 2. The van der Waals surface area contributed by atoms with Crippen molar-refractivity contribution < 1.29 is 14.0 Å². The van der Waals surface area contributed by atoms with Crippen molar-refractivity contribution in [3.63, 3.8) is 0 Å². The Hall–Kier alpha value is -1.98. The van der Waals surface area contributed by atoms with Crippen molar-refractivity contribution in [3.05, 3.63) is 57.5 Å². The number of imide groups is 1. The average Bonchev–Trinajstić information content (AvgIpc) is 3.00. The minimum atomic E-state index is -1.22. The van der Waals surface area contributed by atoms with E-state index in [0.717, 1.165) is 4.90 Å². The van der Waals surface area contributed by atoms with Gasteiger partial charge in [0, 0.05) is 10.0 Å². The first-order valence-corrected chi connectivity index (χ1v) is 7.72. The van der Waals surface area contributed by atoms with Crippen molar-refractivity contribution in [1.29, 1.82) is 0 Å². The van der Waals surface area contributed by atoms with Gasteiger partial charge in [-0.2, -0.15) is 0 Å². The zero-order valence-electron chi connectivity index (χ0n) is 12.5. The van der Waals surface area contributed by atoms with Crippen LogP contribution < -0.4 is 5.32 Å². The molecule has 3 rings (SSSR count). The fraction of sp³-hybridized carbons (Fsp3) is 0.250. The molecule has 120 valence electrons. The minimum absolute atomic E-state index is 0.0654. The molecule has 1 fully saturated rings. The number of carbonyl (C=O) groups excluding carboxylic acids is 2. The number of nitrogens with zero attached hydrogens (tertiary/aromatic N) is 1. The third-order valence-corrected chi connectivity index (χ3v) is 4.44. The van der Waals surface area contributed by atoms with Gasteiger partial charge in [-0.05, 0) is 43.7 Å². The van der Waals surface area contributed by atoms with Crippen molar-refractivity contribution in [2.75, 3.05) is 0 Å². The van der Waals surface area contributed by atoms with Crippen molar-refractivity contribution in [2.24, 2.45) is 0 Å². The van der Waals surface area contributed by atoms with E-state index in [1.165, 1.54) is 0 Å². The number of amides is 3. The Morgan fingerprint density at radius 1 is 1.22 bits per heavy atom. The highest BCUT2D eigenvalue weighted by Crippen LogP contribution is 2.32. The van der Waals surface area contributed by atoms with Gasteiger partial charge in [-0.1, -0.05) is 29.3 Å². The Kier molecular flexibility index (Phi) is 3.86. The van der Waals surface area contributed by atoms with E-state index < -0.39 is 11.6 Å². The molecular formula is C16H14Cl2N2O3. The first kappa shape index (κ1) is 15.9. The summed E-state index contributed by atoms with van der Waals surface area (Å²) in [6.07, 6.45) is 0. The Morgan fingerprint density at radius 2 is 1.96 bits per heavy atom. The van der Waals surface area contributed by atoms with Crippen LogP contribution in [0.5, 0.6) is 0 Å². The summed E-state index contributed by atoms with van der Waals surface area (Å²) < 4.78 is 5.52. The standard InChI is InChI=1S/C16H14Cl2N2O3/c1-9-3-6-13(23-9)16(2)14(21)20(15(22)19-16)8-10-4-5-11(17)7-12(10)18/h3-7H,8H2,1-2H3,(H,19,22). The zero-order valence-corrected chi connectivity index (χ0v) is 14.0. The fourth-order valence-electron chi connectivity index (χ4n) is 2.53. The van der Waals surface area contributed by atoms with E-state index in [9.17, 15) is 9.59 Å². The summed E-state index contributed by atoms with van der Waals surface area (Å²) in [5.74, 6) is 0.684. The van der Waals surface area contributed by atoms with Crippen LogP contribution in [0.1, 0.15) is 24.0 Å². The molecule has 1 aliphatic heterocycles. The van der Waals surface area contributed by atoms with Crippen molar-refractivity contribution in [3.8, 4) is 0 Å². The second kappa shape index (κ2) is 5.58. The zero-order chi connectivity index (χ0) is 16.8. The van der Waals surface area contributed by atoms with Crippen molar-refractivity contribution in [1.82, 2.24) is 10.2 Å². The number of nitrogens with one attached hydrogen (secondary N) is 1. The number of halogens is 2. The van der Waals surface area contributed by atoms with Crippen LogP contribution in [-0.2, 0) is 16.9 Å². The number of aryl methyl sites for hydroxylation is 1. The number of hydrogen-bond donors (Lipinski definition) is 1. The molecule has 23 heavy (non-hydrogen) atoms. The van der Waals surface area contributed by atoms with Crippen LogP contribution in [-0.4, -0.2) is 16.8 Å². The smallest absolute Gasteiger partial charge is 0.325 e. The molecule has 0 bridgehead atoms. The number of hydrogen-bond acceptors (Lipinski definition) is 3. The van der Waals surface area contributed by atoms with Crippen LogP contribution in [0.3, 0.4) is 0 Å². The third kappa shape index (κ3) is 2.71. The Balaban J connectivity index is 1.90. The van der Waals surface area contributed by atoms with E-state index in [2.05, 4.69) is 5.32 Å². The predicted octanol–water partition coefficient (Wildman–Crippen LogP) is 3.86. The van der Waals surface area contributed by atoms with Crippen LogP contribution in [0.25, 0.3) is 0 Å². The summed E-state index contributed by atoms with van der Waals surface area (Å²) in [6, 6.07) is 7.88. The number of urea groups is 1. The molecule has 0 saturated carbocycles. The Bertz CT molecular complexity index is 802. The molecule has 1 N–H and O–H groups in total. The number of benzene rings is 1. The SMILES string of the molecule is Cc1ccc(C2(C)NC(=O)N(Cc3ccc(Cl)cc3Cl)C2=O)o1. The van der Waals surface area contributed by atoms with Gasteiger partial charge in [-0.15, -0.1) is 0 Å². The van der Waals surface area contributed by atoms with E-state index in [-0.39, 0.29) is 12.5 Å². The summed E-state index contributed by atoms with van der Waals surface area (Å²) >= 11 is 12.0. The molecule has 0 spiro atoms. The minimum Gasteiger partial charge on any atom is -0.463 e. The first-order valence-electron chi connectivity index (χ1n) is 6.96. The molecule has 1 saturated heterocycles. The lowest BCUT2D eigenvalue weighted by Gasteiger charge is -2.19. The quantitative estimate of drug-likeness (QED) is 0.853. The molecule has 1 aliphatic rings. The van der Waals surface area contributed by atoms with E-state index in [0.29, 0.717) is 27.1 Å². The largest absolute Gasteiger partial charge is 0.463 e. The molecule has 1 aromatic carbocycles. The molecule has 3 amide bonds. The lowest BCUT2D eigenvalue weighted by atomic mass is 9.99. The van der Waals surface area contributed by atoms with Gasteiger partial charge in [0.2, 0.25) is 0 Å². The highest BCUT2D eigenvalue weighted by molar-refractivity contribution is 6.35. The van der Waals surface area contributed by atoms with Crippen molar-refractivity contribution >= 4 is 35.1 Å². The summed E-state index contributed by atoms with van der Waals surface area (Å²) in [4.78, 5) is 26.1. The molecule has 0 aliphatic carbocycles. The van der Waals surface area contributed by atoms with Crippen LogP contribution in [0, 0.1) is 6.92 Å². The Labute approximate surface area is 143 Å². The van der Waals surface area contributed by atoms with Crippen LogP contribution in [0.4, 0.5) is 4.79 Å². The summed E-state index contributed by atoms with van der Waals surface area (Å²) in [5.41, 5.74) is -0.580. The van der Waals surface area contributed by atoms with Crippen LogP contribution >= 0.6 is 23.2 Å². The molecule has 5 nitrogen and oxygen atoms in total. The normalized spacial score (nSPS) is 21.0. The van der Waals surface area contributed by atoms with E-state index in [1.807, 2.05) is 0 Å². The van der Waals surface area contributed by atoms with Crippen LogP contribution in [0.15, 0.2) is 34.7 Å². The third-order valence-electron chi connectivity index (χ3n) is 3.85. The van der Waals surface area contributed by atoms with Gasteiger partial charge >= 0.3 is 6.03 Å². The fourth-order valence-corrected chi connectivity index (χ4v) is 3.00. The van der Waals surface area contributed by atoms with Gasteiger partial charge in [0.05, 0.1) is 6.54 Å². The second-order valence-corrected chi connectivity index (χ2v) is 6.44. The number of rotatable bonds is 3. The van der Waals surface area contributed by atoms with Gasteiger partial charge in [-0.25, -0.2) is 4.79 Å². The second-order valence-electron chi connectivity index (χ2n) is 5.59. The Morgan fingerprint density at radius 3 is 2.57 bits per heavy atom. The van der Waals surface area contributed by atoms with Gasteiger partial charge in [-0.3, -0.25) is 9.69 Å². The maximum Gasteiger partial charge on any atom is 0.325 e. The highest BCUT2D eigenvalue weighted by atomic mass is 35.5. The lowest BCUT2D eigenvalue weighted by Crippen LogP contribution is -2.40. The molecule has 2 aromatic rings. The van der Waals surface area contributed by atoms with E-state index >= 15 is 0 Å². The summed E-state index contributed by atoms with van der Waals surface area (Å²) in [5, 5.41) is 3.58. The average molecular weight is 353 g/mol. The molecular weight excluding hydrogens is 339 g/mol. The maximum atomic E-state index is 12.7. The van der Waals surface area contributed by atoms with Gasteiger partial charge < -0.3 is 9.73 Å². The summed E-state index contributed by atoms with van der Waals surface area (Å²) in [6.45, 7) is 3.46. The molecule has 1 aromatic heterocycles. The van der Waals surface area contributed by atoms with E-state index in [1.54, 1.807) is 44.2 Å². The molecule has 1 unspecified atom stereocenters. The lowest BCUT2D eigenvalue weighted by molar-refractivity contribution is -0.132. The predicted molar refractivity (Wildman–Crippen MR) is 86.3 cm³/mol. The molecule has 7 heteroatoms. The van der Waals surface area contributed by atoms with Crippen LogP contribution in [0.2, 0.25) is 10.0 Å². The topological polar surface area (TPSA) is 62.6 Å². The van der Waals surface area contributed by atoms with Gasteiger partial charge in [0.1, 0.15) is 11.5 Å². The number of furan rings is 1. The molecule has 0 radical (unpaired) electrons. The first-order chi connectivity index (χ1) is 10.8. The molecule has 1 atom stereocenters. The van der Waals surface area contributed by atoms with E-state index in [4.69, 9.17) is 27.6 Å². The van der Waals surface area contributed by atoms with Gasteiger partial charge in [0.25, 0.3) is 5.91 Å². The monoisotopic (exact) mass is 352 g/mol. The highest BCUT2D eigenvalue weighted by Gasteiger charge is 2.51. The van der Waals surface area contributed by atoms with Gasteiger partial charge in [0.15, 0.2) is 5.54 Å². The van der Waals surface area contributed by atoms with Crippen molar-refractivity contribution in [2.45, 2.75) is 25.9 Å². The maximum absolute atomic E-state index is 12.7. The molecule has 2 heterocycles.